The molecule has 1 fully saturated rings. The van der Waals surface area contributed by atoms with Crippen LogP contribution in [0.15, 0.2) is 57.9 Å². The summed E-state index contributed by atoms with van der Waals surface area (Å²) in [5.74, 6) is -0.767. The normalized spacial score (nSPS) is 17.2. The van der Waals surface area contributed by atoms with Crippen LogP contribution in [-0.2, 0) is 4.74 Å². The molecule has 2 aromatic carbocycles. The van der Waals surface area contributed by atoms with E-state index >= 15 is 0 Å². The highest BCUT2D eigenvalue weighted by Gasteiger charge is 2.18. The second-order valence-electron chi connectivity index (χ2n) is 6.62. The number of hydrogen-bond donors (Lipinski definition) is 2. The molecule has 1 saturated heterocycles. The second-order valence-corrected chi connectivity index (χ2v) is 6.62. The fourth-order valence-electron chi connectivity index (χ4n) is 3.12. The first kappa shape index (κ1) is 18.2. The van der Waals surface area contributed by atoms with Gasteiger partial charge in [-0.2, -0.15) is 0 Å². The molecule has 2 N–H and O–H groups in total. The number of ether oxygens (including phenoxy) is 1. The first-order chi connectivity index (χ1) is 13.6. The molecule has 7 heteroatoms. The van der Waals surface area contributed by atoms with Crippen molar-refractivity contribution >= 4 is 22.6 Å². The molecule has 0 unspecified atom stereocenters. The van der Waals surface area contributed by atoms with Gasteiger partial charge in [0.1, 0.15) is 22.7 Å². The number of nitrogens with one attached hydrogen (secondary N) is 1. The lowest BCUT2D eigenvalue weighted by atomic mass is 10.1. The maximum Gasteiger partial charge on any atom is 0.256 e. The van der Waals surface area contributed by atoms with Gasteiger partial charge in [-0.3, -0.25) is 4.79 Å². The van der Waals surface area contributed by atoms with E-state index in [4.69, 9.17) is 9.15 Å². The third-order valence-corrected chi connectivity index (χ3v) is 4.53. The van der Waals surface area contributed by atoms with Gasteiger partial charge in [0.15, 0.2) is 0 Å². The highest BCUT2D eigenvalue weighted by atomic mass is 19.1. The van der Waals surface area contributed by atoms with Gasteiger partial charge in [0, 0.05) is 24.6 Å². The van der Waals surface area contributed by atoms with E-state index in [2.05, 4.69) is 10.3 Å². The molecule has 144 valence electrons. The Balaban J connectivity index is 1.76. The van der Waals surface area contributed by atoms with Gasteiger partial charge in [-0.1, -0.05) is 6.07 Å². The van der Waals surface area contributed by atoms with Crippen LogP contribution in [0.4, 0.5) is 10.1 Å². The van der Waals surface area contributed by atoms with Crippen LogP contribution in [-0.4, -0.2) is 30.3 Å². The number of carbonyl (C=O) groups excluding carboxylic acids is 1. The Bertz CT molecular complexity index is 1090. The van der Waals surface area contributed by atoms with Gasteiger partial charge < -0.3 is 19.6 Å². The molecule has 28 heavy (non-hydrogen) atoms. The molecule has 1 aliphatic rings. The molecule has 4 rings (SSSR count). The van der Waals surface area contributed by atoms with E-state index in [1.54, 1.807) is 18.2 Å². The van der Waals surface area contributed by atoms with Gasteiger partial charge >= 0.3 is 0 Å². The van der Waals surface area contributed by atoms with E-state index in [0.717, 1.165) is 12.8 Å². The third-order valence-electron chi connectivity index (χ3n) is 4.53. The zero-order chi connectivity index (χ0) is 19.5. The minimum Gasteiger partial charge on any atom is -0.508 e. The van der Waals surface area contributed by atoms with Gasteiger partial charge in [-0.05, 0) is 49.2 Å². The number of phenolic OH excluding ortho intramolecular Hbond substituents is 1. The standard InChI is InChI=1S/C21H19FN2O4/c22-14-3-1-4-15(10-14)24-21-18(20(26)23-12-17-5-2-8-27-17)9-13-6-7-16(25)11-19(13)28-21/h1,3-4,6-7,9-11,17,25H,2,5,8,12H2,(H,23,26)/t17-/m1/s1. The first-order valence-electron chi connectivity index (χ1n) is 9.05. The van der Waals surface area contributed by atoms with Crippen molar-refractivity contribution < 1.29 is 23.4 Å². The maximum absolute atomic E-state index is 13.5. The highest BCUT2D eigenvalue weighted by molar-refractivity contribution is 5.96. The summed E-state index contributed by atoms with van der Waals surface area (Å²) in [4.78, 5) is 17.1. The van der Waals surface area contributed by atoms with E-state index < -0.39 is 5.82 Å². The van der Waals surface area contributed by atoms with Crippen LogP contribution in [0.2, 0.25) is 0 Å². The molecular weight excluding hydrogens is 363 g/mol. The number of fused-ring (bicyclic) bond motifs is 1. The van der Waals surface area contributed by atoms with Crippen LogP contribution in [0.5, 0.6) is 5.75 Å². The van der Waals surface area contributed by atoms with Gasteiger partial charge in [-0.25, -0.2) is 9.38 Å². The third kappa shape index (κ3) is 4.04. The average Bonchev–Trinajstić information content (AvgIpc) is 3.19. The molecule has 1 amide bonds. The van der Waals surface area contributed by atoms with Crippen LogP contribution in [0.25, 0.3) is 11.0 Å². The topological polar surface area (TPSA) is 84.1 Å². The van der Waals surface area contributed by atoms with E-state index in [1.165, 1.54) is 30.3 Å². The summed E-state index contributed by atoms with van der Waals surface area (Å²) < 4.78 is 24.8. The zero-order valence-corrected chi connectivity index (χ0v) is 15.0. The average molecular weight is 382 g/mol. The summed E-state index contributed by atoms with van der Waals surface area (Å²) in [6, 6.07) is 11.9. The van der Waals surface area contributed by atoms with Gasteiger partial charge in [0.2, 0.25) is 5.55 Å². The summed E-state index contributed by atoms with van der Waals surface area (Å²) >= 11 is 0. The van der Waals surface area contributed by atoms with Gasteiger partial charge in [0.25, 0.3) is 5.91 Å². The van der Waals surface area contributed by atoms with Crippen LogP contribution >= 0.6 is 0 Å². The molecule has 1 aromatic heterocycles. The fourth-order valence-corrected chi connectivity index (χ4v) is 3.12. The lowest BCUT2D eigenvalue weighted by Crippen LogP contribution is -2.34. The minimum atomic E-state index is -0.441. The fraction of sp³-hybridized carbons (Fsp3) is 0.238. The van der Waals surface area contributed by atoms with Crippen LogP contribution in [0, 0.1) is 5.82 Å². The van der Waals surface area contributed by atoms with Crippen molar-refractivity contribution in [2.24, 2.45) is 4.99 Å². The quantitative estimate of drug-likeness (QED) is 0.724. The number of phenols is 1. The number of halogens is 1. The Morgan fingerprint density at radius 2 is 2.14 bits per heavy atom. The predicted octanol–water partition coefficient (Wildman–Crippen LogP) is 3.42. The Morgan fingerprint density at radius 1 is 1.25 bits per heavy atom. The van der Waals surface area contributed by atoms with Crippen molar-refractivity contribution in [2.45, 2.75) is 18.9 Å². The Morgan fingerprint density at radius 3 is 2.93 bits per heavy atom. The number of benzene rings is 2. The summed E-state index contributed by atoms with van der Waals surface area (Å²) in [6.45, 7) is 1.10. The SMILES string of the molecule is O=C(NC[C@H]1CCCO1)c1cc2ccc(O)cc2oc1=Nc1cccc(F)c1. The second kappa shape index (κ2) is 7.82. The van der Waals surface area contributed by atoms with E-state index in [1.807, 2.05) is 0 Å². The number of amides is 1. The molecule has 1 atom stereocenters. The molecule has 0 aliphatic carbocycles. The lowest BCUT2D eigenvalue weighted by Gasteiger charge is -2.11. The van der Waals surface area contributed by atoms with Crippen molar-refractivity contribution in [3.05, 3.63) is 65.5 Å². The number of nitrogens with zero attached hydrogens (tertiary/aromatic N) is 1. The van der Waals surface area contributed by atoms with Crippen LogP contribution in [0.1, 0.15) is 23.2 Å². The first-order valence-corrected chi connectivity index (χ1v) is 9.05. The van der Waals surface area contributed by atoms with Crippen molar-refractivity contribution in [1.82, 2.24) is 5.32 Å². The summed E-state index contributed by atoms with van der Waals surface area (Å²) in [5, 5.41) is 13.2. The zero-order valence-electron chi connectivity index (χ0n) is 15.0. The van der Waals surface area contributed by atoms with E-state index in [9.17, 15) is 14.3 Å². The molecule has 0 spiro atoms. The van der Waals surface area contributed by atoms with Crippen molar-refractivity contribution in [3.63, 3.8) is 0 Å². The Hall–Kier alpha value is -3.19. The summed E-state index contributed by atoms with van der Waals surface area (Å²) in [5.41, 5.74) is 0.941. The predicted molar refractivity (Wildman–Crippen MR) is 101 cm³/mol. The maximum atomic E-state index is 13.5. The summed E-state index contributed by atoms with van der Waals surface area (Å²) in [6.07, 6.45) is 1.89. The molecule has 3 aromatic rings. The van der Waals surface area contributed by atoms with Gasteiger partial charge in [-0.15, -0.1) is 0 Å². The van der Waals surface area contributed by atoms with E-state index in [0.29, 0.717) is 29.8 Å². The highest BCUT2D eigenvalue weighted by Crippen LogP contribution is 2.20. The lowest BCUT2D eigenvalue weighted by molar-refractivity contribution is 0.0854. The minimum absolute atomic E-state index is 0.00176. The van der Waals surface area contributed by atoms with Crippen molar-refractivity contribution in [2.75, 3.05) is 13.2 Å². The largest absolute Gasteiger partial charge is 0.508 e. The Kier molecular flexibility index (Phi) is 5.08. The molecule has 1 aliphatic heterocycles. The molecule has 6 nitrogen and oxygen atoms in total. The molecule has 0 radical (unpaired) electrons. The molecule has 2 heterocycles. The summed E-state index contributed by atoms with van der Waals surface area (Å²) in [7, 11) is 0. The van der Waals surface area contributed by atoms with Crippen LogP contribution < -0.4 is 10.9 Å². The number of aromatic hydroxyl groups is 1. The van der Waals surface area contributed by atoms with E-state index in [-0.39, 0.29) is 28.9 Å². The molecule has 0 bridgehead atoms. The number of carbonyl (C=O) groups is 1. The molecule has 0 saturated carbocycles. The smallest absolute Gasteiger partial charge is 0.256 e. The van der Waals surface area contributed by atoms with Crippen molar-refractivity contribution in [1.29, 1.82) is 0 Å². The van der Waals surface area contributed by atoms with Crippen LogP contribution in [0.3, 0.4) is 0 Å². The number of rotatable bonds is 4. The monoisotopic (exact) mass is 382 g/mol. The molecular formula is C21H19FN2O4. The van der Waals surface area contributed by atoms with Gasteiger partial charge in [0.05, 0.1) is 11.8 Å². The number of hydrogen-bond acceptors (Lipinski definition) is 5. The van der Waals surface area contributed by atoms with Crippen molar-refractivity contribution in [3.8, 4) is 5.75 Å². The Labute approximate surface area is 160 Å².